The molecule has 0 unspecified atom stereocenters. The van der Waals surface area contributed by atoms with Gasteiger partial charge < -0.3 is 15.4 Å². The minimum Gasteiger partial charge on any atom is -0.494 e. The fourth-order valence-electron chi connectivity index (χ4n) is 4.55. The molecule has 0 saturated carbocycles. The summed E-state index contributed by atoms with van der Waals surface area (Å²) in [6.07, 6.45) is 4.99. The molecule has 9 heteroatoms. The van der Waals surface area contributed by atoms with Crippen LogP contribution in [0.3, 0.4) is 0 Å². The van der Waals surface area contributed by atoms with E-state index in [1.54, 1.807) is 17.8 Å². The zero-order valence-electron chi connectivity index (χ0n) is 18.8. The Morgan fingerprint density at radius 1 is 0.971 bits per heavy atom. The van der Waals surface area contributed by atoms with Gasteiger partial charge in [-0.2, -0.15) is 4.52 Å². The monoisotopic (exact) mass is 452 g/mol. The molecule has 4 aromatic heterocycles. The Kier molecular flexibility index (Phi) is 4.94. The van der Waals surface area contributed by atoms with Crippen molar-refractivity contribution in [2.45, 2.75) is 25.8 Å². The lowest BCUT2D eigenvalue weighted by Gasteiger charge is -2.22. The van der Waals surface area contributed by atoms with E-state index in [0.717, 1.165) is 48.4 Å². The second kappa shape index (κ2) is 8.26. The Morgan fingerprint density at radius 2 is 1.91 bits per heavy atom. The number of aromatic nitrogens is 6. The summed E-state index contributed by atoms with van der Waals surface area (Å²) in [4.78, 5) is 21.1. The van der Waals surface area contributed by atoms with Gasteiger partial charge in [0.05, 0.1) is 25.0 Å². The van der Waals surface area contributed by atoms with Crippen LogP contribution in [-0.2, 0) is 13.0 Å². The standard InChI is InChI=1S/C25H24N8O/c1-34-20-10-6-8-17-22(20)30-25(26)33-24(17)29-21(31-33)15-32-14-5-3-7-16-11-12-19(28-23(16)32)18-9-2-4-13-27-18/h2,4,6,8-13H,3,5,7,14-15H2,1H3,(H2,26,30). The van der Waals surface area contributed by atoms with Crippen LogP contribution in [0.5, 0.6) is 5.75 Å². The highest BCUT2D eigenvalue weighted by molar-refractivity contribution is 5.95. The highest BCUT2D eigenvalue weighted by atomic mass is 16.5. The largest absolute Gasteiger partial charge is 0.494 e. The molecule has 2 N–H and O–H groups in total. The summed E-state index contributed by atoms with van der Waals surface area (Å²) in [5.41, 5.74) is 10.5. The maximum absolute atomic E-state index is 6.24. The minimum absolute atomic E-state index is 0.276. The summed E-state index contributed by atoms with van der Waals surface area (Å²) in [6, 6.07) is 15.8. The van der Waals surface area contributed by atoms with Crippen molar-refractivity contribution in [3.05, 3.63) is 66.1 Å². The first-order valence-electron chi connectivity index (χ1n) is 11.4. The number of hydrogen-bond donors (Lipinski definition) is 1. The first kappa shape index (κ1) is 20.3. The average molecular weight is 453 g/mol. The van der Waals surface area contributed by atoms with Crippen LogP contribution in [0, 0.1) is 0 Å². The number of nitrogens with two attached hydrogens (primary N) is 1. The number of anilines is 2. The highest BCUT2D eigenvalue weighted by Gasteiger charge is 2.21. The van der Waals surface area contributed by atoms with Gasteiger partial charge in [0.2, 0.25) is 5.95 Å². The third-order valence-electron chi connectivity index (χ3n) is 6.19. The number of nitrogens with zero attached hydrogens (tertiary/aromatic N) is 7. The van der Waals surface area contributed by atoms with E-state index in [1.807, 2.05) is 36.4 Å². The van der Waals surface area contributed by atoms with Crippen LogP contribution in [-0.4, -0.2) is 43.2 Å². The molecule has 0 amide bonds. The number of benzene rings is 1. The topological polar surface area (TPSA) is 107 Å². The summed E-state index contributed by atoms with van der Waals surface area (Å²) >= 11 is 0. The highest BCUT2D eigenvalue weighted by Crippen LogP contribution is 2.30. The summed E-state index contributed by atoms with van der Waals surface area (Å²) in [5.74, 6) is 2.57. The van der Waals surface area contributed by atoms with Gasteiger partial charge in [-0.15, -0.1) is 5.10 Å². The van der Waals surface area contributed by atoms with Gasteiger partial charge in [0.1, 0.15) is 17.1 Å². The van der Waals surface area contributed by atoms with Gasteiger partial charge in [-0.3, -0.25) is 4.98 Å². The summed E-state index contributed by atoms with van der Waals surface area (Å²) < 4.78 is 7.07. The summed E-state index contributed by atoms with van der Waals surface area (Å²) in [5, 5.41) is 5.54. The Labute approximate surface area is 196 Å². The summed E-state index contributed by atoms with van der Waals surface area (Å²) in [7, 11) is 1.62. The van der Waals surface area contributed by atoms with Crippen LogP contribution in [0.2, 0.25) is 0 Å². The van der Waals surface area contributed by atoms with Crippen molar-refractivity contribution >= 4 is 28.3 Å². The summed E-state index contributed by atoms with van der Waals surface area (Å²) in [6.45, 7) is 1.40. The van der Waals surface area contributed by atoms with Crippen molar-refractivity contribution in [1.82, 2.24) is 29.5 Å². The number of para-hydroxylation sites is 1. The fourth-order valence-corrected chi connectivity index (χ4v) is 4.55. The van der Waals surface area contributed by atoms with Crippen molar-refractivity contribution < 1.29 is 4.74 Å². The van der Waals surface area contributed by atoms with Gasteiger partial charge in [-0.05, 0) is 55.2 Å². The normalized spacial score (nSPS) is 13.7. The molecule has 6 rings (SSSR count). The van der Waals surface area contributed by atoms with Crippen LogP contribution < -0.4 is 15.4 Å². The molecular formula is C25H24N8O. The van der Waals surface area contributed by atoms with E-state index in [1.165, 1.54) is 5.56 Å². The van der Waals surface area contributed by atoms with Gasteiger partial charge in [0.25, 0.3) is 0 Å². The molecule has 9 nitrogen and oxygen atoms in total. The van der Waals surface area contributed by atoms with Crippen molar-refractivity contribution in [3.8, 4) is 17.1 Å². The zero-order chi connectivity index (χ0) is 23.1. The fraction of sp³-hybridized carbons (Fsp3) is 0.240. The van der Waals surface area contributed by atoms with Gasteiger partial charge >= 0.3 is 0 Å². The van der Waals surface area contributed by atoms with Crippen LogP contribution >= 0.6 is 0 Å². The number of rotatable bonds is 4. The molecule has 0 bridgehead atoms. The molecule has 170 valence electrons. The lowest BCUT2D eigenvalue weighted by molar-refractivity contribution is 0.419. The number of fused-ring (bicyclic) bond motifs is 4. The Balaban J connectivity index is 1.41. The van der Waals surface area contributed by atoms with Gasteiger partial charge in [-0.1, -0.05) is 18.2 Å². The third-order valence-corrected chi connectivity index (χ3v) is 6.19. The molecule has 5 aromatic rings. The van der Waals surface area contributed by atoms with Gasteiger partial charge in [0.15, 0.2) is 11.5 Å². The number of ether oxygens (including phenoxy) is 1. The van der Waals surface area contributed by atoms with E-state index in [9.17, 15) is 0 Å². The molecule has 1 aliphatic rings. The minimum atomic E-state index is 0.276. The number of nitrogen functional groups attached to an aromatic ring is 1. The second-order valence-electron chi connectivity index (χ2n) is 8.36. The molecule has 0 radical (unpaired) electrons. The molecule has 0 atom stereocenters. The lowest BCUT2D eigenvalue weighted by atomic mass is 10.1. The Morgan fingerprint density at radius 3 is 2.76 bits per heavy atom. The van der Waals surface area contributed by atoms with Gasteiger partial charge in [-0.25, -0.2) is 15.0 Å². The van der Waals surface area contributed by atoms with E-state index in [-0.39, 0.29) is 5.95 Å². The average Bonchev–Trinajstić information content (AvgIpc) is 3.21. The van der Waals surface area contributed by atoms with Crippen LogP contribution in [0.4, 0.5) is 11.8 Å². The zero-order valence-corrected chi connectivity index (χ0v) is 18.8. The first-order valence-corrected chi connectivity index (χ1v) is 11.4. The molecule has 0 saturated heterocycles. The van der Waals surface area contributed by atoms with Crippen molar-refractivity contribution in [1.29, 1.82) is 0 Å². The lowest BCUT2D eigenvalue weighted by Crippen LogP contribution is -2.25. The number of hydrogen-bond acceptors (Lipinski definition) is 8. The van der Waals surface area contributed by atoms with Crippen molar-refractivity contribution in [3.63, 3.8) is 0 Å². The maximum atomic E-state index is 6.24. The molecule has 1 aromatic carbocycles. The molecular weight excluding hydrogens is 428 g/mol. The second-order valence-corrected chi connectivity index (χ2v) is 8.36. The first-order chi connectivity index (χ1) is 16.7. The Bertz CT molecular complexity index is 1500. The molecule has 0 fully saturated rings. The van der Waals surface area contributed by atoms with E-state index >= 15 is 0 Å². The predicted molar refractivity (Wildman–Crippen MR) is 131 cm³/mol. The van der Waals surface area contributed by atoms with Gasteiger partial charge in [0, 0.05) is 18.1 Å². The van der Waals surface area contributed by atoms with E-state index in [0.29, 0.717) is 29.3 Å². The smallest absolute Gasteiger partial charge is 0.223 e. The quantitative estimate of drug-likeness (QED) is 0.440. The van der Waals surface area contributed by atoms with E-state index < -0.39 is 0 Å². The molecule has 5 heterocycles. The molecule has 0 aliphatic carbocycles. The number of aryl methyl sites for hydroxylation is 1. The molecule has 34 heavy (non-hydrogen) atoms. The third kappa shape index (κ3) is 3.45. The van der Waals surface area contributed by atoms with Crippen LogP contribution in [0.1, 0.15) is 24.2 Å². The predicted octanol–water partition coefficient (Wildman–Crippen LogP) is 3.67. The number of pyridine rings is 2. The van der Waals surface area contributed by atoms with Crippen molar-refractivity contribution in [2.75, 3.05) is 24.3 Å². The Hall–Kier alpha value is -4.27. The van der Waals surface area contributed by atoms with Crippen molar-refractivity contribution in [2.24, 2.45) is 0 Å². The van der Waals surface area contributed by atoms with E-state index in [2.05, 4.69) is 27.0 Å². The number of methoxy groups -OCH3 is 1. The maximum Gasteiger partial charge on any atom is 0.223 e. The van der Waals surface area contributed by atoms with Crippen LogP contribution in [0.25, 0.3) is 27.9 Å². The van der Waals surface area contributed by atoms with Crippen LogP contribution in [0.15, 0.2) is 54.7 Å². The molecule has 1 aliphatic heterocycles. The van der Waals surface area contributed by atoms with E-state index in [4.69, 9.17) is 25.5 Å². The SMILES string of the molecule is COc1cccc2c1nc(N)n1nc(CN3CCCCc4ccc(-c5ccccn5)nc43)nc21. The molecule has 0 spiro atoms.